The molecule has 0 saturated heterocycles. The van der Waals surface area contributed by atoms with Gasteiger partial charge in [-0.2, -0.15) is 0 Å². The van der Waals surface area contributed by atoms with Crippen LogP contribution in [0.1, 0.15) is 48.9 Å². The molecular formula is C20H21BF2O3. The minimum absolute atomic E-state index is 0.0797. The number of halogens is 2. The summed E-state index contributed by atoms with van der Waals surface area (Å²) >= 11 is 0. The summed E-state index contributed by atoms with van der Waals surface area (Å²) in [6.45, 7) is 5.37. The Morgan fingerprint density at radius 1 is 1.19 bits per heavy atom. The predicted octanol–water partition coefficient (Wildman–Crippen LogP) is 4.18. The molecule has 0 bridgehead atoms. The fourth-order valence-electron chi connectivity index (χ4n) is 2.60. The standard InChI is InChI=1S/C20H21BF2O3/c1-4-13-10-14(20(22)23)18(9-12(13)3)25-11-15-16(21)7-6-8-17(15)26-19(24)5-2/h6-10,20H,4-5,11H2,1-3H3. The van der Waals surface area contributed by atoms with Gasteiger partial charge in [-0.1, -0.05) is 31.4 Å². The van der Waals surface area contributed by atoms with E-state index in [0.717, 1.165) is 11.1 Å². The number of esters is 1. The smallest absolute Gasteiger partial charge is 0.310 e. The van der Waals surface area contributed by atoms with Crippen molar-refractivity contribution in [2.45, 2.75) is 46.6 Å². The Bertz CT molecular complexity index is 791. The summed E-state index contributed by atoms with van der Waals surface area (Å²) in [7, 11) is 5.96. The van der Waals surface area contributed by atoms with Crippen LogP contribution < -0.4 is 14.9 Å². The van der Waals surface area contributed by atoms with E-state index in [9.17, 15) is 13.6 Å². The maximum absolute atomic E-state index is 13.4. The number of alkyl halides is 2. The van der Waals surface area contributed by atoms with Crippen LogP contribution in [0.15, 0.2) is 30.3 Å². The summed E-state index contributed by atoms with van der Waals surface area (Å²) < 4.78 is 37.7. The molecule has 0 spiro atoms. The third-order valence-electron chi connectivity index (χ3n) is 4.14. The van der Waals surface area contributed by atoms with Gasteiger partial charge in [-0.05, 0) is 42.7 Å². The third-order valence-corrected chi connectivity index (χ3v) is 4.14. The predicted molar refractivity (Wildman–Crippen MR) is 97.6 cm³/mol. The molecule has 2 rings (SSSR count). The fraction of sp³-hybridized carbons (Fsp3) is 0.350. The number of ether oxygens (including phenoxy) is 2. The first-order valence-electron chi connectivity index (χ1n) is 8.49. The van der Waals surface area contributed by atoms with E-state index in [4.69, 9.17) is 17.3 Å². The number of carbonyl (C=O) groups excluding carboxylic acids is 1. The van der Waals surface area contributed by atoms with E-state index >= 15 is 0 Å². The lowest BCUT2D eigenvalue weighted by atomic mass is 9.90. The molecule has 26 heavy (non-hydrogen) atoms. The van der Waals surface area contributed by atoms with Crippen LogP contribution in [0.3, 0.4) is 0 Å². The summed E-state index contributed by atoms with van der Waals surface area (Å²) in [5.41, 5.74) is 2.39. The normalized spacial score (nSPS) is 10.8. The van der Waals surface area contributed by atoms with Gasteiger partial charge in [0.05, 0.1) is 5.56 Å². The number of hydrogen-bond donors (Lipinski definition) is 0. The average molecular weight is 358 g/mol. The van der Waals surface area contributed by atoms with Crippen molar-refractivity contribution in [3.05, 3.63) is 52.6 Å². The van der Waals surface area contributed by atoms with Crippen LogP contribution >= 0.6 is 0 Å². The molecular weight excluding hydrogens is 337 g/mol. The zero-order valence-electron chi connectivity index (χ0n) is 15.1. The molecule has 0 N–H and O–H groups in total. The average Bonchev–Trinajstić information content (AvgIpc) is 2.60. The molecule has 0 atom stereocenters. The molecule has 2 aromatic carbocycles. The number of rotatable bonds is 7. The van der Waals surface area contributed by atoms with E-state index in [-0.39, 0.29) is 30.1 Å². The molecule has 0 aromatic heterocycles. The number of carbonyl (C=O) groups is 1. The topological polar surface area (TPSA) is 35.5 Å². The minimum Gasteiger partial charge on any atom is -0.488 e. The summed E-state index contributed by atoms with van der Waals surface area (Å²) in [6.07, 6.45) is -1.78. The molecule has 0 aliphatic heterocycles. The van der Waals surface area contributed by atoms with E-state index in [0.29, 0.717) is 17.4 Å². The highest BCUT2D eigenvalue weighted by molar-refractivity contribution is 6.33. The van der Waals surface area contributed by atoms with Crippen LogP contribution in [0, 0.1) is 6.92 Å². The Balaban J connectivity index is 2.32. The molecule has 0 unspecified atom stereocenters. The van der Waals surface area contributed by atoms with Gasteiger partial charge in [-0.3, -0.25) is 4.79 Å². The van der Waals surface area contributed by atoms with Gasteiger partial charge in [-0.15, -0.1) is 0 Å². The van der Waals surface area contributed by atoms with Crippen molar-refractivity contribution in [2.75, 3.05) is 0 Å². The molecule has 0 fully saturated rings. The van der Waals surface area contributed by atoms with Crippen molar-refractivity contribution in [1.29, 1.82) is 0 Å². The molecule has 136 valence electrons. The molecule has 0 aliphatic rings. The van der Waals surface area contributed by atoms with Gasteiger partial charge in [0.25, 0.3) is 6.43 Å². The number of benzene rings is 2. The summed E-state index contributed by atoms with van der Waals surface area (Å²) in [5.74, 6) is -0.0312. The lowest BCUT2D eigenvalue weighted by molar-refractivity contribution is -0.134. The Hall–Kier alpha value is -2.37. The Morgan fingerprint density at radius 2 is 1.92 bits per heavy atom. The monoisotopic (exact) mass is 358 g/mol. The highest BCUT2D eigenvalue weighted by Gasteiger charge is 2.18. The van der Waals surface area contributed by atoms with Crippen LogP contribution in [0.2, 0.25) is 0 Å². The van der Waals surface area contributed by atoms with Crippen molar-refractivity contribution in [3.63, 3.8) is 0 Å². The Labute approximate surface area is 153 Å². The zero-order chi connectivity index (χ0) is 19.3. The first kappa shape index (κ1) is 20.0. The molecule has 0 saturated carbocycles. The van der Waals surface area contributed by atoms with Gasteiger partial charge in [0.1, 0.15) is 26.0 Å². The highest BCUT2D eigenvalue weighted by atomic mass is 19.3. The second-order valence-electron chi connectivity index (χ2n) is 5.91. The summed E-state index contributed by atoms with van der Waals surface area (Å²) in [4.78, 5) is 11.6. The summed E-state index contributed by atoms with van der Waals surface area (Å²) in [6, 6.07) is 7.98. The second-order valence-corrected chi connectivity index (χ2v) is 5.91. The fourth-order valence-corrected chi connectivity index (χ4v) is 2.60. The highest BCUT2D eigenvalue weighted by Crippen LogP contribution is 2.33. The van der Waals surface area contributed by atoms with E-state index < -0.39 is 12.4 Å². The van der Waals surface area contributed by atoms with E-state index in [1.165, 1.54) is 6.07 Å². The van der Waals surface area contributed by atoms with Gasteiger partial charge in [0.2, 0.25) is 0 Å². The SMILES string of the molecule is [B]c1cccc(OC(=O)CC)c1COc1cc(C)c(CC)cc1C(F)F. The summed E-state index contributed by atoms with van der Waals surface area (Å²) in [5, 5.41) is 0. The number of hydrogen-bond acceptors (Lipinski definition) is 3. The van der Waals surface area contributed by atoms with Gasteiger partial charge < -0.3 is 9.47 Å². The largest absolute Gasteiger partial charge is 0.488 e. The molecule has 2 radical (unpaired) electrons. The van der Waals surface area contributed by atoms with Crippen LogP contribution in [0.4, 0.5) is 8.78 Å². The van der Waals surface area contributed by atoms with Crippen molar-refractivity contribution < 1.29 is 23.0 Å². The Morgan fingerprint density at radius 3 is 2.54 bits per heavy atom. The minimum atomic E-state index is -2.65. The first-order valence-corrected chi connectivity index (χ1v) is 8.49. The van der Waals surface area contributed by atoms with E-state index in [1.54, 1.807) is 31.2 Å². The maximum atomic E-state index is 13.4. The molecule has 0 amide bonds. The van der Waals surface area contributed by atoms with Crippen LogP contribution in [0.5, 0.6) is 11.5 Å². The molecule has 6 heteroatoms. The van der Waals surface area contributed by atoms with Crippen molar-refractivity contribution in [1.82, 2.24) is 0 Å². The lowest BCUT2D eigenvalue weighted by Gasteiger charge is -2.17. The maximum Gasteiger partial charge on any atom is 0.310 e. The molecule has 3 nitrogen and oxygen atoms in total. The van der Waals surface area contributed by atoms with Gasteiger partial charge in [0, 0.05) is 12.0 Å². The lowest BCUT2D eigenvalue weighted by Crippen LogP contribution is -2.17. The Kier molecular flexibility index (Phi) is 6.78. The van der Waals surface area contributed by atoms with Crippen LogP contribution in [0.25, 0.3) is 0 Å². The van der Waals surface area contributed by atoms with Gasteiger partial charge in [0.15, 0.2) is 0 Å². The van der Waals surface area contributed by atoms with E-state index in [2.05, 4.69) is 0 Å². The van der Waals surface area contributed by atoms with Gasteiger partial charge in [-0.25, -0.2) is 8.78 Å². The van der Waals surface area contributed by atoms with Crippen molar-refractivity contribution in [2.24, 2.45) is 0 Å². The van der Waals surface area contributed by atoms with Crippen molar-refractivity contribution in [3.8, 4) is 11.5 Å². The molecule has 2 aromatic rings. The third kappa shape index (κ3) is 4.62. The van der Waals surface area contributed by atoms with Crippen LogP contribution in [-0.4, -0.2) is 13.8 Å². The number of aryl methyl sites for hydroxylation is 2. The second kappa shape index (κ2) is 8.83. The van der Waals surface area contributed by atoms with E-state index in [1.807, 2.05) is 13.8 Å². The van der Waals surface area contributed by atoms with Crippen LogP contribution in [-0.2, 0) is 17.8 Å². The van der Waals surface area contributed by atoms with Crippen molar-refractivity contribution >= 4 is 19.3 Å². The first-order chi connectivity index (χ1) is 12.4. The quantitative estimate of drug-likeness (QED) is 0.423. The molecule has 0 aliphatic carbocycles. The van der Waals surface area contributed by atoms with Gasteiger partial charge >= 0.3 is 5.97 Å². The zero-order valence-corrected chi connectivity index (χ0v) is 15.1. The molecule has 0 heterocycles.